The summed E-state index contributed by atoms with van der Waals surface area (Å²) in [4.78, 5) is 28.9. The molecule has 2 N–H and O–H groups in total. The van der Waals surface area contributed by atoms with E-state index in [4.69, 9.17) is 0 Å². The second-order valence-electron chi connectivity index (χ2n) is 6.83. The van der Waals surface area contributed by atoms with Gasteiger partial charge in [0.25, 0.3) is 5.91 Å². The van der Waals surface area contributed by atoms with Gasteiger partial charge in [-0.25, -0.2) is 4.98 Å². The number of aromatic nitrogens is 1. The molecule has 2 amide bonds. The Kier molecular flexibility index (Phi) is 4.79. The van der Waals surface area contributed by atoms with E-state index in [2.05, 4.69) is 21.7 Å². The van der Waals surface area contributed by atoms with Gasteiger partial charge in [0, 0.05) is 22.6 Å². The van der Waals surface area contributed by atoms with Crippen LogP contribution < -0.4 is 10.6 Å². The molecule has 4 rings (SSSR count). The Morgan fingerprint density at radius 2 is 1.68 bits per heavy atom. The number of hydrogen-bond acceptors (Lipinski definition) is 4. The highest BCUT2D eigenvalue weighted by Crippen LogP contribution is 2.31. The quantitative estimate of drug-likeness (QED) is 0.498. The summed E-state index contributed by atoms with van der Waals surface area (Å²) in [6.07, 6.45) is 0. The summed E-state index contributed by atoms with van der Waals surface area (Å²) in [6, 6.07) is 19.0. The Hall–Kier alpha value is -3.25. The third-order valence-electron chi connectivity index (χ3n) is 4.44. The highest BCUT2D eigenvalue weighted by molar-refractivity contribution is 7.22. The molecule has 0 aliphatic rings. The lowest BCUT2D eigenvalue weighted by molar-refractivity contribution is -0.118. The summed E-state index contributed by atoms with van der Waals surface area (Å²) in [5.41, 5.74) is 2.07. The van der Waals surface area contributed by atoms with Gasteiger partial charge in [-0.2, -0.15) is 0 Å². The van der Waals surface area contributed by atoms with Crippen LogP contribution in [0.1, 0.15) is 24.2 Å². The summed E-state index contributed by atoms with van der Waals surface area (Å²) < 4.78 is 1.03. The molecule has 6 heteroatoms. The van der Waals surface area contributed by atoms with Crippen LogP contribution in [0.3, 0.4) is 0 Å². The molecule has 0 saturated carbocycles. The van der Waals surface area contributed by atoms with E-state index in [1.54, 1.807) is 24.3 Å². The number of carbonyl (C=O) groups excluding carboxylic acids is 2. The van der Waals surface area contributed by atoms with Crippen molar-refractivity contribution < 1.29 is 9.59 Å². The molecule has 28 heavy (non-hydrogen) atoms. The zero-order chi connectivity index (χ0) is 19.7. The molecule has 0 fully saturated rings. The maximum Gasteiger partial charge on any atom is 0.257 e. The third kappa shape index (κ3) is 3.59. The first-order valence-electron chi connectivity index (χ1n) is 9.02. The van der Waals surface area contributed by atoms with E-state index < -0.39 is 0 Å². The van der Waals surface area contributed by atoms with E-state index >= 15 is 0 Å². The topological polar surface area (TPSA) is 71.1 Å². The Morgan fingerprint density at radius 1 is 0.929 bits per heavy atom. The molecule has 0 aliphatic carbocycles. The van der Waals surface area contributed by atoms with Gasteiger partial charge in [0.2, 0.25) is 5.91 Å². The number of nitrogens with one attached hydrogen (secondary N) is 2. The minimum atomic E-state index is -0.231. The Labute approximate surface area is 166 Å². The molecular formula is C22H19N3O2S. The molecular weight excluding hydrogens is 370 g/mol. The fourth-order valence-electron chi connectivity index (χ4n) is 2.88. The molecule has 3 aromatic carbocycles. The SMILES string of the molecule is CC(C)C(=O)Nc1ccc(C(=O)Nc2nc3c(ccc4ccccc43)s2)cc1. The minimum absolute atomic E-state index is 0.0566. The lowest BCUT2D eigenvalue weighted by Gasteiger charge is -2.08. The van der Waals surface area contributed by atoms with Crippen molar-refractivity contribution in [2.45, 2.75) is 13.8 Å². The van der Waals surface area contributed by atoms with Gasteiger partial charge >= 0.3 is 0 Å². The van der Waals surface area contributed by atoms with Gasteiger partial charge in [-0.15, -0.1) is 0 Å². The molecule has 140 valence electrons. The largest absolute Gasteiger partial charge is 0.326 e. The normalized spacial score (nSPS) is 11.1. The van der Waals surface area contributed by atoms with Crippen molar-refractivity contribution in [2.75, 3.05) is 10.6 Å². The number of fused-ring (bicyclic) bond motifs is 3. The number of rotatable bonds is 4. The molecule has 0 bridgehead atoms. The van der Waals surface area contributed by atoms with Gasteiger partial charge in [0.15, 0.2) is 5.13 Å². The summed E-state index contributed by atoms with van der Waals surface area (Å²) in [5.74, 6) is -0.387. The number of thiazole rings is 1. The smallest absolute Gasteiger partial charge is 0.257 e. The molecule has 5 nitrogen and oxygen atoms in total. The summed E-state index contributed by atoms with van der Waals surface area (Å²) in [5, 5.41) is 8.44. The molecule has 4 aromatic rings. The first kappa shape index (κ1) is 18.1. The van der Waals surface area contributed by atoms with E-state index in [-0.39, 0.29) is 17.7 Å². The van der Waals surface area contributed by atoms with Gasteiger partial charge in [-0.05, 0) is 35.7 Å². The van der Waals surface area contributed by atoms with Gasteiger partial charge in [-0.1, -0.05) is 55.5 Å². The molecule has 0 atom stereocenters. The highest BCUT2D eigenvalue weighted by Gasteiger charge is 2.12. The number of amides is 2. The zero-order valence-corrected chi connectivity index (χ0v) is 16.3. The van der Waals surface area contributed by atoms with Gasteiger partial charge < -0.3 is 5.32 Å². The second-order valence-corrected chi connectivity index (χ2v) is 7.86. The minimum Gasteiger partial charge on any atom is -0.326 e. The van der Waals surface area contributed by atoms with E-state index in [0.717, 1.165) is 21.0 Å². The van der Waals surface area contributed by atoms with Crippen LogP contribution in [-0.4, -0.2) is 16.8 Å². The van der Waals surface area contributed by atoms with Crippen molar-refractivity contribution in [1.29, 1.82) is 0 Å². The van der Waals surface area contributed by atoms with E-state index in [1.807, 2.05) is 44.2 Å². The molecule has 0 saturated heterocycles. The summed E-state index contributed by atoms with van der Waals surface area (Å²) in [6.45, 7) is 3.66. The van der Waals surface area contributed by atoms with Crippen molar-refractivity contribution in [3.63, 3.8) is 0 Å². The number of hydrogen-bond donors (Lipinski definition) is 2. The molecule has 0 spiro atoms. The fourth-order valence-corrected chi connectivity index (χ4v) is 3.75. The van der Waals surface area contributed by atoms with Crippen LogP contribution >= 0.6 is 11.3 Å². The molecule has 0 aliphatic heterocycles. The monoisotopic (exact) mass is 389 g/mol. The molecule has 0 unspecified atom stereocenters. The lowest BCUT2D eigenvalue weighted by Crippen LogP contribution is -2.18. The van der Waals surface area contributed by atoms with Crippen LogP contribution in [0.4, 0.5) is 10.8 Å². The predicted octanol–water partition coefficient (Wildman–Crippen LogP) is 5.30. The Balaban J connectivity index is 1.53. The number of anilines is 2. The van der Waals surface area contributed by atoms with Crippen molar-refractivity contribution in [2.24, 2.45) is 5.92 Å². The maximum absolute atomic E-state index is 12.6. The van der Waals surface area contributed by atoms with Crippen molar-refractivity contribution in [1.82, 2.24) is 4.98 Å². The van der Waals surface area contributed by atoms with Crippen LogP contribution in [0, 0.1) is 5.92 Å². The van der Waals surface area contributed by atoms with Gasteiger partial charge in [0.1, 0.15) is 0 Å². The van der Waals surface area contributed by atoms with Gasteiger partial charge in [0.05, 0.1) is 10.2 Å². The van der Waals surface area contributed by atoms with E-state index in [9.17, 15) is 9.59 Å². The van der Waals surface area contributed by atoms with Crippen molar-refractivity contribution in [3.8, 4) is 0 Å². The Morgan fingerprint density at radius 3 is 2.43 bits per heavy atom. The van der Waals surface area contributed by atoms with Crippen LogP contribution in [0.15, 0.2) is 60.7 Å². The lowest BCUT2D eigenvalue weighted by atomic mass is 10.1. The Bertz CT molecular complexity index is 1180. The van der Waals surface area contributed by atoms with E-state index in [0.29, 0.717) is 16.4 Å². The van der Waals surface area contributed by atoms with E-state index in [1.165, 1.54) is 11.3 Å². The third-order valence-corrected chi connectivity index (χ3v) is 5.38. The maximum atomic E-state index is 12.6. The van der Waals surface area contributed by atoms with Crippen LogP contribution in [-0.2, 0) is 4.79 Å². The highest BCUT2D eigenvalue weighted by atomic mass is 32.1. The first-order valence-corrected chi connectivity index (χ1v) is 9.83. The average molecular weight is 389 g/mol. The second kappa shape index (κ2) is 7.40. The predicted molar refractivity (Wildman–Crippen MR) is 115 cm³/mol. The van der Waals surface area contributed by atoms with Gasteiger partial charge in [-0.3, -0.25) is 14.9 Å². The zero-order valence-electron chi connectivity index (χ0n) is 15.5. The van der Waals surface area contributed by atoms with Crippen molar-refractivity contribution in [3.05, 3.63) is 66.2 Å². The van der Waals surface area contributed by atoms with Crippen LogP contribution in [0.25, 0.3) is 21.0 Å². The molecule has 1 aromatic heterocycles. The number of carbonyl (C=O) groups is 2. The first-order chi connectivity index (χ1) is 13.5. The molecule has 1 heterocycles. The fraction of sp³-hybridized carbons (Fsp3) is 0.136. The summed E-state index contributed by atoms with van der Waals surface area (Å²) >= 11 is 1.45. The summed E-state index contributed by atoms with van der Waals surface area (Å²) in [7, 11) is 0. The number of benzene rings is 3. The van der Waals surface area contributed by atoms with Crippen LogP contribution in [0.5, 0.6) is 0 Å². The average Bonchev–Trinajstić information content (AvgIpc) is 3.11. The molecule has 0 radical (unpaired) electrons. The number of nitrogens with zero attached hydrogens (tertiary/aromatic N) is 1. The van der Waals surface area contributed by atoms with Crippen LogP contribution in [0.2, 0.25) is 0 Å². The van der Waals surface area contributed by atoms with Crippen molar-refractivity contribution >= 4 is 55.0 Å². The standard InChI is InChI=1S/C22H19N3O2S/c1-13(2)20(26)23-16-10-7-15(8-11-16)21(27)25-22-24-19-17-6-4-3-5-14(17)9-12-18(19)28-22/h3-13H,1-2H3,(H,23,26)(H,24,25,27).